The molecule has 3 heteroatoms. The van der Waals surface area contributed by atoms with Gasteiger partial charge in [0.2, 0.25) is 0 Å². The molecular weight excluding hydrogens is 232 g/mol. The Balaban J connectivity index is 2.08. The number of nitriles is 1. The summed E-state index contributed by atoms with van der Waals surface area (Å²) in [6.45, 7) is 4.60. The van der Waals surface area contributed by atoms with E-state index in [1.807, 2.05) is 6.07 Å². The zero-order valence-electron chi connectivity index (χ0n) is 10.3. The molecule has 90 valence electrons. The van der Waals surface area contributed by atoms with E-state index in [1.165, 1.54) is 19.3 Å². The van der Waals surface area contributed by atoms with Crippen LogP contribution in [0.25, 0.3) is 0 Å². The summed E-state index contributed by atoms with van der Waals surface area (Å²) >= 11 is 6.14. The Labute approximate surface area is 108 Å². The summed E-state index contributed by atoms with van der Waals surface area (Å²) in [5.74, 6) is 0. The quantitative estimate of drug-likeness (QED) is 0.851. The molecule has 2 rings (SSSR count). The van der Waals surface area contributed by atoms with Crippen LogP contribution in [0.15, 0.2) is 18.2 Å². The first-order valence-corrected chi connectivity index (χ1v) is 6.34. The lowest BCUT2D eigenvalue weighted by Gasteiger charge is -2.19. The maximum absolute atomic E-state index is 8.78. The fraction of sp³-hybridized carbons (Fsp3) is 0.500. The first-order chi connectivity index (χ1) is 8.00. The molecule has 17 heavy (non-hydrogen) atoms. The smallest absolute Gasteiger partial charge is 0.0992 e. The van der Waals surface area contributed by atoms with E-state index in [9.17, 15) is 0 Å². The highest BCUT2D eigenvalue weighted by Crippen LogP contribution is 2.39. The minimum atomic E-state index is 0.427. The lowest BCUT2D eigenvalue weighted by molar-refractivity contribution is 0.378. The molecule has 1 saturated carbocycles. The predicted molar refractivity (Wildman–Crippen MR) is 71.2 cm³/mol. The minimum Gasteiger partial charge on any atom is -0.381 e. The average molecular weight is 249 g/mol. The van der Waals surface area contributed by atoms with Crippen LogP contribution in [0.2, 0.25) is 5.02 Å². The van der Waals surface area contributed by atoms with E-state index in [4.69, 9.17) is 16.9 Å². The molecule has 2 nitrogen and oxygen atoms in total. The molecule has 0 saturated heterocycles. The van der Waals surface area contributed by atoms with Gasteiger partial charge in [0.05, 0.1) is 22.3 Å². The summed E-state index contributed by atoms with van der Waals surface area (Å²) in [7, 11) is 0. The first-order valence-electron chi connectivity index (χ1n) is 5.96. The second kappa shape index (κ2) is 4.58. The molecule has 1 fully saturated rings. The van der Waals surface area contributed by atoms with Crippen LogP contribution in [-0.2, 0) is 0 Å². The Hall–Kier alpha value is -1.20. The van der Waals surface area contributed by atoms with E-state index in [0.717, 1.165) is 5.69 Å². The van der Waals surface area contributed by atoms with Gasteiger partial charge in [-0.2, -0.15) is 5.26 Å². The van der Waals surface area contributed by atoms with Crippen LogP contribution in [0.3, 0.4) is 0 Å². The minimum absolute atomic E-state index is 0.427. The third-order valence-corrected chi connectivity index (χ3v) is 3.74. The van der Waals surface area contributed by atoms with Gasteiger partial charge in [0, 0.05) is 6.04 Å². The molecule has 0 aliphatic heterocycles. The second-order valence-electron chi connectivity index (χ2n) is 5.55. The maximum Gasteiger partial charge on any atom is 0.0992 e. The Morgan fingerprint density at radius 3 is 2.76 bits per heavy atom. The number of rotatable bonds is 2. The molecule has 1 aromatic carbocycles. The van der Waals surface area contributed by atoms with Crippen molar-refractivity contribution in [2.75, 3.05) is 5.32 Å². The van der Waals surface area contributed by atoms with Crippen LogP contribution in [0.1, 0.15) is 38.7 Å². The third-order valence-electron chi connectivity index (χ3n) is 3.43. The van der Waals surface area contributed by atoms with Crippen molar-refractivity contribution < 1.29 is 0 Å². The Bertz CT molecular complexity index is 460. The topological polar surface area (TPSA) is 35.8 Å². The lowest BCUT2D eigenvalue weighted by atomic mass is 9.92. The number of anilines is 1. The number of halogens is 1. The molecule has 1 aliphatic carbocycles. The highest BCUT2D eigenvalue weighted by atomic mass is 35.5. The van der Waals surface area contributed by atoms with Crippen LogP contribution >= 0.6 is 11.6 Å². The molecule has 1 unspecified atom stereocenters. The summed E-state index contributed by atoms with van der Waals surface area (Å²) in [6, 6.07) is 7.99. The van der Waals surface area contributed by atoms with Crippen molar-refractivity contribution in [2.24, 2.45) is 5.41 Å². The van der Waals surface area contributed by atoms with E-state index in [1.54, 1.807) is 12.1 Å². The monoisotopic (exact) mass is 248 g/mol. The van der Waals surface area contributed by atoms with Gasteiger partial charge < -0.3 is 5.32 Å². The number of benzene rings is 1. The van der Waals surface area contributed by atoms with Gasteiger partial charge in [0.15, 0.2) is 0 Å². The Morgan fingerprint density at radius 2 is 2.24 bits per heavy atom. The van der Waals surface area contributed by atoms with E-state index in [0.29, 0.717) is 22.0 Å². The van der Waals surface area contributed by atoms with Crippen molar-refractivity contribution in [1.82, 2.24) is 0 Å². The highest BCUT2D eigenvalue weighted by Gasteiger charge is 2.30. The van der Waals surface area contributed by atoms with Crippen LogP contribution < -0.4 is 5.32 Å². The van der Waals surface area contributed by atoms with Crippen molar-refractivity contribution in [1.29, 1.82) is 5.26 Å². The van der Waals surface area contributed by atoms with Crippen molar-refractivity contribution >= 4 is 17.3 Å². The summed E-state index contributed by atoms with van der Waals surface area (Å²) in [5.41, 5.74) is 1.97. The Morgan fingerprint density at radius 1 is 1.47 bits per heavy atom. The van der Waals surface area contributed by atoms with Gasteiger partial charge in [0.25, 0.3) is 0 Å². The summed E-state index contributed by atoms with van der Waals surface area (Å²) in [6.07, 6.45) is 3.60. The Kier molecular flexibility index (Phi) is 3.31. The standard InChI is InChI=1S/C14H17ClN2/c1-14(2)6-5-11(8-14)17-13-4-3-10(9-16)7-12(13)15/h3-4,7,11,17H,5-6,8H2,1-2H3. The summed E-state index contributed by atoms with van der Waals surface area (Å²) in [5, 5.41) is 12.9. The van der Waals surface area contributed by atoms with Gasteiger partial charge >= 0.3 is 0 Å². The largest absolute Gasteiger partial charge is 0.381 e. The molecule has 1 aromatic rings. The molecule has 0 heterocycles. The predicted octanol–water partition coefficient (Wildman–Crippen LogP) is 4.20. The number of hydrogen-bond acceptors (Lipinski definition) is 2. The zero-order chi connectivity index (χ0) is 12.5. The van der Waals surface area contributed by atoms with Gasteiger partial charge in [-0.3, -0.25) is 0 Å². The molecule has 1 atom stereocenters. The average Bonchev–Trinajstić information content (AvgIpc) is 2.61. The maximum atomic E-state index is 8.78. The summed E-state index contributed by atoms with van der Waals surface area (Å²) < 4.78 is 0. The molecule has 0 aromatic heterocycles. The molecule has 0 bridgehead atoms. The van der Waals surface area contributed by atoms with Crippen molar-refractivity contribution in [3.05, 3.63) is 28.8 Å². The fourth-order valence-corrected chi connectivity index (χ4v) is 2.72. The second-order valence-corrected chi connectivity index (χ2v) is 5.96. The van der Waals surface area contributed by atoms with Crippen LogP contribution in [0.4, 0.5) is 5.69 Å². The van der Waals surface area contributed by atoms with Crippen molar-refractivity contribution in [2.45, 2.75) is 39.2 Å². The molecule has 0 spiro atoms. The normalized spacial score (nSPS) is 22.1. The summed E-state index contributed by atoms with van der Waals surface area (Å²) in [4.78, 5) is 0. The molecule has 0 radical (unpaired) electrons. The van der Waals surface area contributed by atoms with E-state index in [-0.39, 0.29) is 0 Å². The third kappa shape index (κ3) is 2.92. The van der Waals surface area contributed by atoms with E-state index < -0.39 is 0 Å². The SMILES string of the molecule is CC1(C)CCC(Nc2ccc(C#N)cc2Cl)C1. The molecular formula is C14H17ClN2. The van der Waals surface area contributed by atoms with Crippen molar-refractivity contribution in [3.63, 3.8) is 0 Å². The molecule has 1 aliphatic rings. The van der Waals surface area contributed by atoms with Crippen molar-refractivity contribution in [3.8, 4) is 6.07 Å². The lowest BCUT2D eigenvalue weighted by Crippen LogP contribution is -2.17. The van der Waals surface area contributed by atoms with Gasteiger partial charge in [-0.1, -0.05) is 25.4 Å². The van der Waals surface area contributed by atoms with Crippen LogP contribution in [0.5, 0.6) is 0 Å². The van der Waals surface area contributed by atoms with E-state index >= 15 is 0 Å². The van der Waals surface area contributed by atoms with Crippen LogP contribution in [0, 0.1) is 16.7 Å². The fourth-order valence-electron chi connectivity index (χ4n) is 2.48. The van der Waals surface area contributed by atoms with Gasteiger partial charge in [-0.25, -0.2) is 0 Å². The van der Waals surface area contributed by atoms with Gasteiger partial charge in [-0.05, 0) is 42.9 Å². The zero-order valence-corrected chi connectivity index (χ0v) is 11.0. The first kappa shape index (κ1) is 12.3. The number of nitrogens with one attached hydrogen (secondary N) is 1. The van der Waals surface area contributed by atoms with Gasteiger partial charge in [-0.15, -0.1) is 0 Å². The highest BCUT2D eigenvalue weighted by molar-refractivity contribution is 6.33. The number of nitrogens with zero attached hydrogens (tertiary/aromatic N) is 1. The molecule has 1 N–H and O–H groups in total. The molecule has 0 amide bonds. The van der Waals surface area contributed by atoms with E-state index in [2.05, 4.69) is 25.2 Å². The number of hydrogen-bond donors (Lipinski definition) is 1. The van der Waals surface area contributed by atoms with Gasteiger partial charge in [0.1, 0.15) is 0 Å². The van der Waals surface area contributed by atoms with Crippen LogP contribution in [-0.4, -0.2) is 6.04 Å².